The number of hydrogen-bond donors (Lipinski definition) is 1. The van der Waals surface area contributed by atoms with Crippen molar-refractivity contribution in [3.8, 4) is 5.88 Å². The molecule has 7 nitrogen and oxygen atoms in total. The van der Waals surface area contributed by atoms with Crippen LogP contribution in [0.15, 0.2) is 58.8 Å². The molecule has 1 aliphatic heterocycles. The van der Waals surface area contributed by atoms with Gasteiger partial charge in [0, 0.05) is 24.0 Å². The predicted octanol–water partition coefficient (Wildman–Crippen LogP) is 3.70. The second-order valence-electron chi connectivity index (χ2n) is 6.50. The highest BCUT2D eigenvalue weighted by atomic mass is 19.1. The molecule has 144 valence electrons. The van der Waals surface area contributed by atoms with Crippen molar-refractivity contribution in [1.82, 2.24) is 9.47 Å². The number of carbonyl (C=O) groups is 1. The highest BCUT2D eigenvalue weighted by Crippen LogP contribution is 2.39. The van der Waals surface area contributed by atoms with E-state index in [0.717, 1.165) is 13.1 Å². The summed E-state index contributed by atoms with van der Waals surface area (Å²) in [5.74, 6) is -1.15. The van der Waals surface area contributed by atoms with E-state index in [9.17, 15) is 14.3 Å². The van der Waals surface area contributed by atoms with Crippen molar-refractivity contribution in [1.29, 1.82) is 0 Å². The standard InChI is InChI=1S/C20H19FN4O3/c21-15-6-7-17-16(12-15)18(22-23-19(26)14-4-2-1-3-5-14)20(27)25(17)13-24-8-10-28-11-9-24/h1-7,12,27H,8-11,13H2. The Hall–Kier alpha value is -3.10. The van der Waals surface area contributed by atoms with Crippen LogP contribution in [0.3, 0.4) is 0 Å². The first-order valence-electron chi connectivity index (χ1n) is 8.95. The third-order valence-corrected chi connectivity index (χ3v) is 4.68. The number of morpholine rings is 1. The van der Waals surface area contributed by atoms with Crippen molar-refractivity contribution < 1.29 is 19.0 Å². The van der Waals surface area contributed by atoms with Crippen molar-refractivity contribution in [2.24, 2.45) is 10.2 Å². The number of halogens is 1. The van der Waals surface area contributed by atoms with E-state index in [1.54, 1.807) is 41.0 Å². The van der Waals surface area contributed by atoms with Gasteiger partial charge in [-0.1, -0.05) is 18.2 Å². The lowest BCUT2D eigenvalue weighted by molar-refractivity contribution is 0.0231. The molecule has 0 radical (unpaired) electrons. The van der Waals surface area contributed by atoms with Crippen molar-refractivity contribution in [3.05, 3.63) is 59.9 Å². The maximum Gasteiger partial charge on any atom is 0.295 e. The molecule has 3 aromatic rings. The Bertz CT molecular complexity index is 1030. The van der Waals surface area contributed by atoms with Crippen LogP contribution in [0, 0.1) is 5.82 Å². The molecule has 0 saturated carbocycles. The van der Waals surface area contributed by atoms with E-state index >= 15 is 0 Å². The predicted molar refractivity (Wildman–Crippen MR) is 101 cm³/mol. The van der Waals surface area contributed by atoms with E-state index in [4.69, 9.17) is 4.74 Å². The number of hydrogen-bond acceptors (Lipinski definition) is 5. The van der Waals surface area contributed by atoms with Crippen LogP contribution in [0.25, 0.3) is 10.9 Å². The normalized spacial score (nSPS) is 15.5. The molecule has 2 heterocycles. The quantitative estimate of drug-likeness (QED) is 0.698. The van der Waals surface area contributed by atoms with Gasteiger partial charge in [-0.25, -0.2) is 4.39 Å². The molecule has 0 spiro atoms. The first-order chi connectivity index (χ1) is 13.6. The first-order valence-corrected chi connectivity index (χ1v) is 8.95. The summed E-state index contributed by atoms with van der Waals surface area (Å²) >= 11 is 0. The fraction of sp³-hybridized carbons (Fsp3) is 0.250. The van der Waals surface area contributed by atoms with E-state index in [1.165, 1.54) is 12.1 Å². The Morgan fingerprint density at radius 1 is 1.14 bits per heavy atom. The number of aromatic hydroxyl groups is 1. The molecule has 0 bridgehead atoms. The molecule has 1 saturated heterocycles. The van der Waals surface area contributed by atoms with Crippen molar-refractivity contribution >= 4 is 22.5 Å². The molecule has 4 rings (SSSR count). The zero-order chi connectivity index (χ0) is 19.5. The van der Waals surface area contributed by atoms with Gasteiger partial charge in [0.1, 0.15) is 5.82 Å². The minimum atomic E-state index is -0.537. The molecule has 1 amide bonds. The van der Waals surface area contributed by atoms with Crippen molar-refractivity contribution in [2.75, 3.05) is 26.3 Å². The Labute approximate surface area is 160 Å². The molecule has 0 atom stereocenters. The number of azo groups is 1. The van der Waals surface area contributed by atoms with E-state index in [1.807, 2.05) is 0 Å². The fourth-order valence-electron chi connectivity index (χ4n) is 3.21. The SMILES string of the molecule is O=C(N=Nc1c(O)n(CN2CCOCC2)c2ccc(F)cc12)c1ccccc1. The summed E-state index contributed by atoms with van der Waals surface area (Å²) in [4.78, 5) is 14.3. The second kappa shape index (κ2) is 7.87. The topological polar surface area (TPSA) is 79.4 Å². The summed E-state index contributed by atoms with van der Waals surface area (Å²) in [6, 6.07) is 12.7. The average Bonchev–Trinajstić information content (AvgIpc) is 2.98. The number of fused-ring (bicyclic) bond motifs is 1. The summed E-state index contributed by atoms with van der Waals surface area (Å²) in [5.41, 5.74) is 1.08. The molecule has 1 N–H and O–H groups in total. The fourth-order valence-corrected chi connectivity index (χ4v) is 3.21. The van der Waals surface area contributed by atoms with Gasteiger partial charge in [-0.2, -0.15) is 0 Å². The van der Waals surface area contributed by atoms with E-state index < -0.39 is 11.7 Å². The van der Waals surface area contributed by atoms with Crippen LogP contribution in [0.5, 0.6) is 5.88 Å². The van der Waals surface area contributed by atoms with Crippen LogP contribution in [-0.2, 0) is 11.4 Å². The molecule has 2 aromatic carbocycles. The molecule has 1 fully saturated rings. The van der Waals surface area contributed by atoms with Gasteiger partial charge in [-0.15, -0.1) is 10.2 Å². The smallest absolute Gasteiger partial charge is 0.295 e. The van der Waals surface area contributed by atoms with Crippen LogP contribution < -0.4 is 0 Å². The minimum Gasteiger partial charge on any atom is -0.493 e. The molecular formula is C20H19FN4O3. The van der Waals surface area contributed by atoms with Gasteiger partial charge in [0.05, 0.1) is 25.4 Å². The maximum absolute atomic E-state index is 13.8. The summed E-state index contributed by atoms with van der Waals surface area (Å²) in [6.07, 6.45) is 0. The van der Waals surface area contributed by atoms with Crippen LogP contribution in [-0.4, -0.2) is 46.8 Å². The van der Waals surface area contributed by atoms with Crippen LogP contribution in [0.1, 0.15) is 10.4 Å². The lowest BCUT2D eigenvalue weighted by Gasteiger charge is -2.27. The lowest BCUT2D eigenvalue weighted by atomic mass is 10.2. The summed E-state index contributed by atoms with van der Waals surface area (Å²) in [5, 5.41) is 18.8. The highest BCUT2D eigenvalue weighted by molar-refractivity contribution is 5.97. The van der Waals surface area contributed by atoms with Gasteiger partial charge in [-0.05, 0) is 30.3 Å². The third-order valence-electron chi connectivity index (χ3n) is 4.68. The number of benzene rings is 2. The van der Waals surface area contributed by atoms with Crippen molar-refractivity contribution in [2.45, 2.75) is 6.67 Å². The van der Waals surface area contributed by atoms with Gasteiger partial charge in [0.15, 0.2) is 5.69 Å². The Balaban J connectivity index is 1.71. The molecule has 0 aliphatic carbocycles. The largest absolute Gasteiger partial charge is 0.493 e. The van der Waals surface area contributed by atoms with Crippen LogP contribution in [0.4, 0.5) is 10.1 Å². The van der Waals surface area contributed by atoms with Gasteiger partial charge in [-0.3, -0.25) is 14.3 Å². The third kappa shape index (κ3) is 3.64. The summed E-state index contributed by atoms with van der Waals surface area (Å²) in [6.45, 7) is 3.09. The zero-order valence-electron chi connectivity index (χ0n) is 15.1. The lowest BCUT2D eigenvalue weighted by Crippen LogP contribution is -2.37. The minimum absolute atomic E-state index is 0.0760. The Morgan fingerprint density at radius 3 is 2.64 bits per heavy atom. The van der Waals surface area contributed by atoms with E-state index in [0.29, 0.717) is 36.3 Å². The Morgan fingerprint density at radius 2 is 1.89 bits per heavy atom. The molecular weight excluding hydrogens is 363 g/mol. The maximum atomic E-state index is 13.8. The van der Waals surface area contributed by atoms with Gasteiger partial charge < -0.3 is 9.84 Å². The zero-order valence-corrected chi connectivity index (χ0v) is 15.1. The molecule has 1 aromatic heterocycles. The van der Waals surface area contributed by atoms with Crippen LogP contribution in [0.2, 0.25) is 0 Å². The highest BCUT2D eigenvalue weighted by Gasteiger charge is 2.20. The Kier molecular flexibility index (Phi) is 5.14. The van der Waals surface area contributed by atoms with E-state index in [-0.39, 0.29) is 11.6 Å². The summed E-state index contributed by atoms with van der Waals surface area (Å²) < 4.78 is 20.8. The number of nitrogens with zero attached hydrogens (tertiary/aromatic N) is 4. The monoisotopic (exact) mass is 382 g/mol. The van der Waals surface area contributed by atoms with Gasteiger partial charge >= 0.3 is 0 Å². The number of carbonyl (C=O) groups excluding carboxylic acids is 1. The number of amides is 1. The van der Waals surface area contributed by atoms with Gasteiger partial charge in [0.25, 0.3) is 5.91 Å². The summed E-state index contributed by atoms with van der Waals surface area (Å²) in [7, 11) is 0. The number of rotatable bonds is 4. The van der Waals surface area contributed by atoms with Gasteiger partial charge in [0.2, 0.25) is 5.88 Å². The second-order valence-corrected chi connectivity index (χ2v) is 6.50. The van der Waals surface area contributed by atoms with Crippen molar-refractivity contribution in [3.63, 3.8) is 0 Å². The molecule has 8 heteroatoms. The number of ether oxygens (including phenoxy) is 1. The molecule has 28 heavy (non-hydrogen) atoms. The molecule has 1 aliphatic rings. The average molecular weight is 382 g/mol. The number of aromatic nitrogens is 1. The van der Waals surface area contributed by atoms with E-state index in [2.05, 4.69) is 15.1 Å². The first kappa shape index (κ1) is 18.3. The van der Waals surface area contributed by atoms with Crippen LogP contribution >= 0.6 is 0 Å². The molecule has 0 unspecified atom stereocenters.